The summed E-state index contributed by atoms with van der Waals surface area (Å²) in [5.41, 5.74) is 7.47. The zero-order chi connectivity index (χ0) is 14.9. The van der Waals surface area contributed by atoms with Crippen LogP contribution in [0.1, 0.15) is 40.9 Å². The molecule has 0 saturated carbocycles. The second kappa shape index (κ2) is 5.66. The van der Waals surface area contributed by atoms with E-state index in [0.717, 1.165) is 4.88 Å². The molecule has 2 aromatic heterocycles. The number of carbonyl (C=O) groups is 1. The fraction of sp³-hybridized carbons (Fsp3) is 0.429. The number of amides is 1. The van der Waals surface area contributed by atoms with Gasteiger partial charge >= 0.3 is 0 Å². The van der Waals surface area contributed by atoms with Crippen LogP contribution in [0.3, 0.4) is 0 Å². The highest BCUT2D eigenvalue weighted by molar-refractivity contribution is 7.10. The Labute approximate surface area is 122 Å². The summed E-state index contributed by atoms with van der Waals surface area (Å²) in [5, 5.41) is 9.25. The number of nitrogen functional groups attached to an aromatic ring is 1. The molecule has 0 aliphatic heterocycles. The van der Waals surface area contributed by atoms with Crippen LogP contribution < -0.4 is 11.1 Å². The summed E-state index contributed by atoms with van der Waals surface area (Å²) in [7, 11) is 1.73. The Morgan fingerprint density at radius 2 is 2.20 bits per heavy atom. The average Bonchev–Trinajstić information content (AvgIpc) is 2.96. The number of anilines is 1. The van der Waals surface area contributed by atoms with Crippen LogP contribution in [0, 0.1) is 12.8 Å². The molecule has 0 aromatic carbocycles. The molecule has 0 fully saturated rings. The number of nitrogens with zero attached hydrogens (tertiary/aromatic N) is 2. The Morgan fingerprint density at radius 3 is 2.65 bits per heavy atom. The third-order valence-corrected chi connectivity index (χ3v) is 4.24. The minimum Gasteiger partial charge on any atom is -0.395 e. The summed E-state index contributed by atoms with van der Waals surface area (Å²) < 4.78 is 1.53. The third kappa shape index (κ3) is 2.70. The van der Waals surface area contributed by atoms with E-state index in [1.165, 1.54) is 4.68 Å². The first-order chi connectivity index (χ1) is 9.41. The highest BCUT2D eigenvalue weighted by Crippen LogP contribution is 2.26. The van der Waals surface area contributed by atoms with Gasteiger partial charge in [0, 0.05) is 11.9 Å². The van der Waals surface area contributed by atoms with Gasteiger partial charge in [0.1, 0.15) is 5.69 Å². The maximum absolute atomic E-state index is 12.5. The number of hydrogen-bond donors (Lipinski definition) is 2. The summed E-state index contributed by atoms with van der Waals surface area (Å²) in [6, 6.07) is 4.01. The lowest BCUT2D eigenvalue weighted by atomic mass is 10.0. The van der Waals surface area contributed by atoms with Crippen LogP contribution in [-0.4, -0.2) is 15.7 Å². The van der Waals surface area contributed by atoms with Gasteiger partial charge in [-0.2, -0.15) is 5.10 Å². The minimum absolute atomic E-state index is 0.0166. The second-order valence-corrected chi connectivity index (χ2v) is 6.16. The van der Waals surface area contributed by atoms with E-state index >= 15 is 0 Å². The number of aromatic nitrogens is 2. The quantitative estimate of drug-likeness (QED) is 0.909. The number of hydrogen-bond acceptors (Lipinski definition) is 4. The summed E-state index contributed by atoms with van der Waals surface area (Å²) in [6.45, 7) is 5.97. The molecule has 0 bridgehead atoms. The standard InChI is InChI=1S/C14H20N4OS/c1-8(2)12(10-6-5-7-20-10)16-14(19)13-11(15)9(3)17-18(13)4/h5-8,12H,15H2,1-4H3,(H,16,19). The molecule has 1 amide bonds. The van der Waals surface area contributed by atoms with E-state index in [4.69, 9.17) is 5.73 Å². The Kier molecular flexibility index (Phi) is 4.13. The van der Waals surface area contributed by atoms with Crippen molar-refractivity contribution in [1.82, 2.24) is 15.1 Å². The van der Waals surface area contributed by atoms with Gasteiger partial charge in [0.05, 0.1) is 17.4 Å². The van der Waals surface area contributed by atoms with Crippen LogP contribution in [-0.2, 0) is 7.05 Å². The van der Waals surface area contributed by atoms with Gasteiger partial charge in [0.2, 0.25) is 0 Å². The molecule has 0 radical (unpaired) electrons. The molecular weight excluding hydrogens is 272 g/mol. The van der Waals surface area contributed by atoms with Gasteiger partial charge in [0.25, 0.3) is 5.91 Å². The molecule has 0 aliphatic carbocycles. The molecule has 1 unspecified atom stereocenters. The van der Waals surface area contributed by atoms with Crippen molar-refractivity contribution in [2.24, 2.45) is 13.0 Å². The van der Waals surface area contributed by atoms with E-state index in [0.29, 0.717) is 23.0 Å². The molecule has 1 atom stereocenters. The topological polar surface area (TPSA) is 72.9 Å². The molecule has 6 heteroatoms. The SMILES string of the molecule is Cc1nn(C)c(C(=O)NC(c2cccs2)C(C)C)c1N. The lowest BCUT2D eigenvalue weighted by Gasteiger charge is -2.21. The number of aryl methyl sites for hydroxylation is 2. The fourth-order valence-corrected chi connectivity index (χ4v) is 3.14. The first kappa shape index (κ1) is 14.6. The largest absolute Gasteiger partial charge is 0.395 e. The molecule has 0 spiro atoms. The molecule has 2 heterocycles. The van der Waals surface area contributed by atoms with Crippen molar-refractivity contribution >= 4 is 22.9 Å². The van der Waals surface area contributed by atoms with Gasteiger partial charge in [0.15, 0.2) is 0 Å². The fourth-order valence-electron chi connectivity index (χ4n) is 2.19. The Morgan fingerprint density at radius 1 is 1.50 bits per heavy atom. The van der Waals surface area contributed by atoms with Crippen LogP contribution in [0.5, 0.6) is 0 Å². The highest BCUT2D eigenvalue weighted by Gasteiger charge is 2.24. The maximum Gasteiger partial charge on any atom is 0.272 e. The number of nitrogens with two attached hydrogens (primary N) is 1. The number of carbonyl (C=O) groups excluding carboxylic acids is 1. The molecule has 2 rings (SSSR count). The lowest BCUT2D eigenvalue weighted by Crippen LogP contribution is -2.33. The van der Waals surface area contributed by atoms with E-state index < -0.39 is 0 Å². The number of nitrogens with one attached hydrogen (secondary N) is 1. The van der Waals surface area contributed by atoms with Crippen LogP contribution in [0.25, 0.3) is 0 Å². The first-order valence-corrected chi connectivity index (χ1v) is 7.43. The van der Waals surface area contributed by atoms with Crippen molar-refractivity contribution in [1.29, 1.82) is 0 Å². The van der Waals surface area contributed by atoms with Gasteiger partial charge in [-0.3, -0.25) is 9.48 Å². The summed E-state index contributed by atoms with van der Waals surface area (Å²) in [4.78, 5) is 13.6. The van der Waals surface area contributed by atoms with Crippen LogP contribution >= 0.6 is 11.3 Å². The summed E-state index contributed by atoms with van der Waals surface area (Å²) >= 11 is 1.64. The predicted octanol–water partition coefficient (Wildman–Crippen LogP) is 2.50. The van der Waals surface area contributed by atoms with Gasteiger partial charge < -0.3 is 11.1 Å². The molecule has 5 nitrogen and oxygen atoms in total. The van der Waals surface area contributed by atoms with E-state index in [9.17, 15) is 4.79 Å². The van der Waals surface area contributed by atoms with Gasteiger partial charge in [-0.1, -0.05) is 19.9 Å². The molecular formula is C14H20N4OS. The van der Waals surface area contributed by atoms with Crippen molar-refractivity contribution in [3.8, 4) is 0 Å². The molecule has 3 N–H and O–H groups in total. The average molecular weight is 292 g/mol. The van der Waals surface area contributed by atoms with E-state index in [1.807, 2.05) is 17.5 Å². The zero-order valence-corrected chi connectivity index (χ0v) is 13.0. The molecule has 2 aromatic rings. The maximum atomic E-state index is 12.5. The van der Waals surface area contributed by atoms with Crippen molar-refractivity contribution < 1.29 is 4.79 Å². The van der Waals surface area contributed by atoms with Crippen LogP contribution in [0.15, 0.2) is 17.5 Å². The van der Waals surface area contributed by atoms with Crippen LogP contribution in [0.2, 0.25) is 0 Å². The third-order valence-electron chi connectivity index (χ3n) is 3.29. The molecule has 0 saturated heterocycles. The monoisotopic (exact) mass is 292 g/mol. The van der Waals surface area contributed by atoms with Crippen molar-refractivity contribution in [3.63, 3.8) is 0 Å². The van der Waals surface area contributed by atoms with Crippen LogP contribution in [0.4, 0.5) is 5.69 Å². The predicted molar refractivity (Wildman–Crippen MR) is 81.7 cm³/mol. The zero-order valence-electron chi connectivity index (χ0n) is 12.2. The minimum atomic E-state index is -0.183. The Bertz CT molecular complexity index is 601. The number of rotatable bonds is 4. The van der Waals surface area contributed by atoms with Crippen molar-refractivity contribution in [2.45, 2.75) is 26.8 Å². The Balaban J connectivity index is 2.25. The summed E-state index contributed by atoms with van der Waals surface area (Å²) in [5.74, 6) is 0.117. The lowest BCUT2D eigenvalue weighted by molar-refractivity contribution is 0.0918. The Hall–Kier alpha value is -1.82. The normalized spacial score (nSPS) is 12.7. The smallest absolute Gasteiger partial charge is 0.272 e. The van der Waals surface area contributed by atoms with Gasteiger partial charge in [-0.25, -0.2) is 0 Å². The van der Waals surface area contributed by atoms with Crippen molar-refractivity contribution in [3.05, 3.63) is 33.8 Å². The van der Waals surface area contributed by atoms with E-state index in [-0.39, 0.29) is 11.9 Å². The second-order valence-electron chi connectivity index (χ2n) is 5.18. The van der Waals surface area contributed by atoms with Gasteiger partial charge in [-0.05, 0) is 24.3 Å². The molecule has 0 aliphatic rings. The van der Waals surface area contributed by atoms with Crippen molar-refractivity contribution in [2.75, 3.05) is 5.73 Å². The summed E-state index contributed by atoms with van der Waals surface area (Å²) in [6.07, 6.45) is 0. The molecule has 108 valence electrons. The molecule has 20 heavy (non-hydrogen) atoms. The first-order valence-electron chi connectivity index (χ1n) is 6.55. The van der Waals surface area contributed by atoms with E-state index in [2.05, 4.69) is 24.3 Å². The number of thiophene rings is 1. The van der Waals surface area contributed by atoms with E-state index in [1.54, 1.807) is 25.3 Å². The van der Waals surface area contributed by atoms with Gasteiger partial charge in [-0.15, -0.1) is 11.3 Å². The highest BCUT2D eigenvalue weighted by atomic mass is 32.1.